The predicted octanol–water partition coefficient (Wildman–Crippen LogP) is 1.75. The largest absolute Gasteiger partial charge is 0.481 e. The summed E-state index contributed by atoms with van der Waals surface area (Å²) >= 11 is 0. The van der Waals surface area contributed by atoms with Crippen LogP contribution in [0.3, 0.4) is 0 Å². The summed E-state index contributed by atoms with van der Waals surface area (Å²) in [6, 6.07) is 7.60. The van der Waals surface area contributed by atoms with Gasteiger partial charge in [0.05, 0.1) is 18.7 Å². The number of aliphatic carboxylic acids is 1. The molecule has 5 nitrogen and oxygen atoms in total. The lowest BCUT2D eigenvalue weighted by Crippen LogP contribution is -2.12. The molecule has 106 valence electrons. The van der Waals surface area contributed by atoms with Crippen LogP contribution in [0.15, 0.2) is 24.3 Å². The van der Waals surface area contributed by atoms with Crippen molar-refractivity contribution in [2.75, 3.05) is 6.54 Å². The van der Waals surface area contributed by atoms with Crippen LogP contribution in [0.2, 0.25) is 0 Å². The molecular formula is C15H19N3O2. The highest BCUT2D eigenvalue weighted by Crippen LogP contribution is 2.27. The molecule has 2 rings (SSSR count). The van der Waals surface area contributed by atoms with E-state index in [0.717, 1.165) is 28.1 Å². The molecule has 0 saturated heterocycles. The van der Waals surface area contributed by atoms with Gasteiger partial charge in [0.2, 0.25) is 0 Å². The Hall–Kier alpha value is -2.14. The lowest BCUT2D eigenvalue weighted by molar-refractivity contribution is -0.136. The Labute approximate surface area is 118 Å². The van der Waals surface area contributed by atoms with Crippen LogP contribution in [0.5, 0.6) is 0 Å². The topological polar surface area (TPSA) is 81.1 Å². The van der Waals surface area contributed by atoms with Crippen LogP contribution < -0.4 is 5.73 Å². The van der Waals surface area contributed by atoms with Crippen LogP contribution in [0.25, 0.3) is 11.1 Å². The lowest BCUT2D eigenvalue weighted by atomic mass is 10.0. The van der Waals surface area contributed by atoms with E-state index < -0.39 is 5.97 Å². The van der Waals surface area contributed by atoms with Gasteiger partial charge in [0.15, 0.2) is 0 Å². The molecular weight excluding hydrogens is 254 g/mol. The van der Waals surface area contributed by atoms with E-state index in [-0.39, 0.29) is 6.42 Å². The summed E-state index contributed by atoms with van der Waals surface area (Å²) in [4.78, 5) is 10.8. The fraction of sp³-hybridized carbons (Fsp3) is 0.333. The Morgan fingerprint density at radius 3 is 2.80 bits per heavy atom. The zero-order chi connectivity index (χ0) is 14.7. The Morgan fingerprint density at radius 1 is 1.40 bits per heavy atom. The predicted molar refractivity (Wildman–Crippen MR) is 77.5 cm³/mol. The molecule has 5 heteroatoms. The second-order valence-electron chi connectivity index (χ2n) is 4.83. The third-order valence-corrected chi connectivity index (χ3v) is 3.29. The summed E-state index contributed by atoms with van der Waals surface area (Å²) in [5, 5.41) is 13.4. The molecule has 20 heavy (non-hydrogen) atoms. The van der Waals surface area contributed by atoms with E-state index in [9.17, 15) is 4.79 Å². The van der Waals surface area contributed by atoms with Crippen molar-refractivity contribution < 1.29 is 9.90 Å². The molecule has 1 heterocycles. The van der Waals surface area contributed by atoms with Crippen LogP contribution in [0, 0.1) is 13.8 Å². The number of nitrogens with zero attached hydrogens (tertiary/aromatic N) is 2. The maximum absolute atomic E-state index is 10.8. The van der Waals surface area contributed by atoms with Gasteiger partial charge in [-0.3, -0.25) is 9.48 Å². The third kappa shape index (κ3) is 2.88. The van der Waals surface area contributed by atoms with Crippen molar-refractivity contribution >= 4 is 5.97 Å². The minimum Gasteiger partial charge on any atom is -0.481 e. The second-order valence-corrected chi connectivity index (χ2v) is 4.83. The number of aryl methyl sites for hydroxylation is 1. The van der Waals surface area contributed by atoms with Gasteiger partial charge < -0.3 is 10.8 Å². The first-order valence-electron chi connectivity index (χ1n) is 6.58. The number of aromatic nitrogens is 2. The van der Waals surface area contributed by atoms with Gasteiger partial charge >= 0.3 is 5.97 Å². The summed E-state index contributed by atoms with van der Waals surface area (Å²) in [5.41, 5.74) is 10.4. The summed E-state index contributed by atoms with van der Waals surface area (Å²) in [6.45, 7) is 5.19. The van der Waals surface area contributed by atoms with Gasteiger partial charge in [-0.1, -0.05) is 24.3 Å². The zero-order valence-electron chi connectivity index (χ0n) is 11.8. The van der Waals surface area contributed by atoms with Crippen LogP contribution in [0.4, 0.5) is 0 Å². The van der Waals surface area contributed by atoms with Gasteiger partial charge in [-0.05, 0) is 25.0 Å². The zero-order valence-corrected chi connectivity index (χ0v) is 11.8. The molecule has 0 fully saturated rings. The number of carboxylic acids is 1. The van der Waals surface area contributed by atoms with Gasteiger partial charge in [-0.25, -0.2) is 0 Å². The molecule has 3 N–H and O–H groups in total. The first kappa shape index (κ1) is 14.3. The van der Waals surface area contributed by atoms with E-state index in [2.05, 4.69) is 5.10 Å². The summed E-state index contributed by atoms with van der Waals surface area (Å²) in [5.74, 6) is -0.825. The fourth-order valence-electron chi connectivity index (χ4n) is 2.47. The molecule has 1 aromatic heterocycles. The highest BCUT2D eigenvalue weighted by atomic mass is 16.4. The van der Waals surface area contributed by atoms with Gasteiger partial charge in [-0.15, -0.1) is 0 Å². The van der Waals surface area contributed by atoms with E-state index >= 15 is 0 Å². The van der Waals surface area contributed by atoms with Gasteiger partial charge in [0.1, 0.15) is 0 Å². The third-order valence-electron chi connectivity index (χ3n) is 3.29. The average molecular weight is 273 g/mol. The van der Waals surface area contributed by atoms with Crippen LogP contribution in [0.1, 0.15) is 17.0 Å². The maximum Gasteiger partial charge on any atom is 0.307 e. The van der Waals surface area contributed by atoms with Crippen molar-refractivity contribution in [2.24, 2.45) is 5.73 Å². The lowest BCUT2D eigenvalue weighted by Gasteiger charge is -2.06. The number of hydrogen-bond donors (Lipinski definition) is 2. The number of carbonyl (C=O) groups is 1. The van der Waals surface area contributed by atoms with Crippen molar-refractivity contribution in [1.29, 1.82) is 0 Å². The molecule has 0 radical (unpaired) electrons. The standard InChI is InChI=1S/C15H19N3O2/c1-10-15(11(2)18(17-10)7-6-16)13-5-3-4-12(8-13)9-14(19)20/h3-5,8H,6-7,9,16H2,1-2H3,(H,19,20). The molecule has 0 aliphatic rings. The van der Waals surface area contributed by atoms with Gasteiger partial charge in [0.25, 0.3) is 0 Å². The Kier molecular flexibility index (Phi) is 4.20. The SMILES string of the molecule is Cc1nn(CCN)c(C)c1-c1cccc(CC(=O)O)c1. The molecule has 0 aliphatic carbocycles. The quantitative estimate of drug-likeness (QED) is 0.869. The first-order chi connectivity index (χ1) is 9.52. The van der Waals surface area contributed by atoms with E-state index in [1.54, 1.807) is 0 Å². The van der Waals surface area contributed by atoms with E-state index in [4.69, 9.17) is 10.8 Å². The average Bonchev–Trinajstić information content (AvgIpc) is 2.64. The van der Waals surface area contributed by atoms with Crippen molar-refractivity contribution in [3.63, 3.8) is 0 Å². The summed E-state index contributed by atoms with van der Waals surface area (Å²) in [7, 11) is 0. The van der Waals surface area contributed by atoms with Crippen molar-refractivity contribution in [3.05, 3.63) is 41.2 Å². The molecule has 0 amide bonds. The number of rotatable bonds is 5. The highest BCUT2D eigenvalue weighted by Gasteiger charge is 2.13. The van der Waals surface area contributed by atoms with Gasteiger partial charge in [-0.2, -0.15) is 5.10 Å². The molecule has 0 saturated carbocycles. The van der Waals surface area contributed by atoms with Crippen LogP contribution >= 0.6 is 0 Å². The van der Waals surface area contributed by atoms with Crippen LogP contribution in [-0.4, -0.2) is 27.4 Å². The molecule has 0 spiro atoms. The molecule has 0 unspecified atom stereocenters. The summed E-state index contributed by atoms with van der Waals surface area (Å²) in [6.07, 6.45) is 0.0306. The van der Waals surface area contributed by atoms with E-state index in [1.807, 2.05) is 42.8 Å². The molecule has 1 aromatic carbocycles. The second kappa shape index (κ2) is 5.88. The molecule has 0 atom stereocenters. The molecule has 0 bridgehead atoms. The maximum atomic E-state index is 10.8. The van der Waals surface area contributed by atoms with Gasteiger partial charge in [0, 0.05) is 17.8 Å². The number of benzene rings is 1. The van der Waals surface area contributed by atoms with Crippen LogP contribution in [-0.2, 0) is 17.8 Å². The summed E-state index contributed by atoms with van der Waals surface area (Å²) < 4.78 is 1.90. The fourth-order valence-corrected chi connectivity index (χ4v) is 2.47. The number of nitrogens with two attached hydrogens (primary N) is 1. The van der Waals surface area contributed by atoms with Crippen molar-refractivity contribution in [2.45, 2.75) is 26.8 Å². The Balaban J connectivity index is 2.43. The van der Waals surface area contributed by atoms with E-state index in [0.29, 0.717) is 13.1 Å². The molecule has 0 aliphatic heterocycles. The number of carboxylic acid groups (broad SMARTS) is 1. The first-order valence-corrected chi connectivity index (χ1v) is 6.58. The Bertz CT molecular complexity index is 632. The molecule has 2 aromatic rings. The Morgan fingerprint density at radius 2 is 2.15 bits per heavy atom. The van der Waals surface area contributed by atoms with E-state index in [1.165, 1.54) is 0 Å². The minimum absolute atomic E-state index is 0.0306. The van der Waals surface area contributed by atoms with Crippen molar-refractivity contribution in [1.82, 2.24) is 9.78 Å². The smallest absolute Gasteiger partial charge is 0.307 e. The number of hydrogen-bond acceptors (Lipinski definition) is 3. The normalized spacial score (nSPS) is 10.8. The monoisotopic (exact) mass is 273 g/mol. The van der Waals surface area contributed by atoms with Crippen molar-refractivity contribution in [3.8, 4) is 11.1 Å². The highest BCUT2D eigenvalue weighted by molar-refractivity contribution is 5.73. The minimum atomic E-state index is -0.825.